The van der Waals surface area contributed by atoms with E-state index in [-0.39, 0.29) is 46.8 Å². The number of rotatable bonds is 2. The highest BCUT2D eigenvalue weighted by Crippen LogP contribution is 2.47. The van der Waals surface area contributed by atoms with Crippen LogP contribution in [0.25, 0.3) is 0 Å². The Balaban J connectivity index is 1.71. The molecule has 0 bridgehead atoms. The Kier molecular flexibility index (Phi) is 4.20. The molecule has 0 amide bonds. The molecule has 2 unspecified atom stereocenters. The van der Waals surface area contributed by atoms with Gasteiger partial charge in [0.1, 0.15) is 34.7 Å². The lowest BCUT2D eigenvalue weighted by Gasteiger charge is -2.30. The number of Topliss-reactive ketones (excluding diaryl/α,β-unsaturated/α-hetero) is 1. The molecule has 26 heavy (non-hydrogen) atoms. The Bertz CT molecular complexity index is 840. The van der Waals surface area contributed by atoms with Crippen molar-refractivity contribution in [2.75, 3.05) is 6.54 Å². The Morgan fingerprint density at radius 1 is 1.08 bits per heavy atom. The maximum absolute atomic E-state index is 12.7. The van der Waals surface area contributed by atoms with E-state index in [1.54, 1.807) is 12.1 Å². The average molecular weight is 355 g/mol. The molecular formula is C20H21NO5. The van der Waals surface area contributed by atoms with E-state index < -0.39 is 6.10 Å². The molecular weight excluding hydrogens is 334 g/mol. The van der Waals surface area contributed by atoms with Gasteiger partial charge < -0.3 is 25.4 Å². The quantitative estimate of drug-likeness (QED) is 0.660. The molecule has 6 nitrogen and oxygen atoms in total. The number of nitrogens with one attached hydrogen (secondary N) is 1. The molecule has 1 fully saturated rings. The molecule has 6 heteroatoms. The van der Waals surface area contributed by atoms with Crippen molar-refractivity contribution >= 4 is 5.78 Å². The maximum Gasteiger partial charge on any atom is 0.174 e. The number of phenolic OH excluding ortho intramolecular Hbond substituents is 3. The number of aromatic hydroxyl groups is 3. The van der Waals surface area contributed by atoms with Crippen molar-refractivity contribution in [3.8, 4) is 23.0 Å². The summed E-state index contributed by atoms with van der Waals surface area (Å²) in [4.78, 5) is 12.7. The van der Waals surface area contributed by atoms with Crippen LogP contribution >= 0.6 is 0 Å². The SMILES string of the molecule is O=C1CC(c2ccc(O)cc2)Oc2cc(O)c(C3CCCCN3)c(O)c21. The number of hydrogen-bond acceptors (Lipinski definition) is 6. The van der Waals surface area contributed by atoms with E-state index in [9.17, 15) is 20.1 Å². The fourth-order valence-electron chi connectivity index (χ4n) is 3.79. The number of fused-ring (bicyclic) bond motifs is 1. The second-order valence-electron chi connectivity index (χ2n) is 6.86. The molecule has 0 aliphatic carbocycles. The molecule has 2 aromatic carbocycles. The summed E-state index contributed by atoms with van der Waals surface area (Å²) < 4.78 is 5.89. The lowest BCUT2D eigenvalue weighted by atomic mass is 9.89. The van der Waals surface area contributed by atoms with Gasteiger partial charge in [0.15, 0.2) is 5.78 Å². The van der Waals surface area contributed by atoms with Gasteiger partial charge in [-0.3, -0.25) is 4.79 Å². The lowest BCUT2D eigenvalue weighted by molar-refractivity contribution is 0.0844. The minimum Gasteiger partial charge on any atom is -0.508 e. The van der Waals surface area contributed by atoms with E-state index in [0.29, 0.717) is 5.56 Å². The molecule has 4 N–H and O–H groups in total. The van der Waals surface area contributed by atoms with Crippen LogP contribution in [0.15, 0.2) is 30.3 Å². The molecule has 2 aromatic rings. The molecule has 4 rings (SSSR count). The highest BCUT2D eigenvalue weighted by atomic mass is 16.5. The number of carbonyl (C=O) groups is 1. The number of benzene rings is 2. The van der Waals surface area contributed by atoms with Crippen LogP contribution in [0.1, 0.15) is 59.3 Å². The molecule has 0 radical (unpaired) electrons. The van der Waals surface area contributed by atoms with E-state index in [1.807, 2.05) is 0 Å². The van der Waals surface area contributed by atoms with Crippen LogP contribution in [0, 0.1) is 0 Å². The minimum atomic E-state index is -0.520. The molecule has 1 saturated heterocycles. The largest absolute Gasteiger partial charge is 0.508 e. The number of ether oxygens (including phenoxy) is 1. The summed E-state index contributed by atoms with van der Waals surface area (Å²) in [5, 5.41) is 33.8. The van der Waals surface area contributed by atoms with E-state index in [2.05, 4.69) is 5.32 Å². The van der Waals surface area contributed by atoms with Crippen molar-refractivity contribution in [2.24, 2.45) is 0 Å². The highest BCUT2D eigenvalue weighted by molar-refractivity contribution is 6.03. The summed E-state index contributed by atoms with van der Waals surface area (Å²) in [5.41, 5.74) is 1.27. The van der Waals surface area contributed by atoms with Crippen molar-refractivity contribution in [3.05, 3.63) is 47.0 Å². The average Bonchev–Trinajstić information content (AvgIpc) is 2.62. The van der Waals surface area contributed by atoms with Gasteiger partial charge in [-0.05, 0) is 37.1 Å². The van der Waals surface area contributed by atoms with Crippen molar-refractivity contribution in [1.82, 2.24) is 5.32 Å². The molecule has 2 aliphatic rings. The van der Waals surface area contributed by atoms with Crippen LogP contribution in [0.5, 0.6) is 23.0 Å². The van der Waals surface area contributed by atoms with Crippen LogP contribution in [0.4, 0.5) is 0 Å². The number of piperidine rings is 1. The molecule has 136 valence electrons. The van der Waals surface area contributed by atoms with Crippen molar-refractivity contribution in [3.63, 3.8) is 0 Å². The Hall–Kier alpha value is -2.73. The van der Waals surface area contributed by atoms with Gasteiger partial charge in [0, 0.05) is 12.1 Å². The van der Waals surface area contributed by atoms with E-state index in [4.69, 9.17) is 4.74 Å². The van der Waals surface area contributed by atoms with E-state index in [0.717, 1.165) is 31.4 Å². The summed E-state index contributed by atoms with van der Waals surface area (Å²) in [5.74, 6) is -0.155. The zero-order chi connectivity index (χ0) is 18.3. The second kappa shape index (κ2) is 6.53. The molecule has 0 spiro atoms. The van der Waals surface area contributed by atoms with Gasteiger partial charge in [-0.25, -0.2) is 0 Å². The first-order chi connectivity index (χ1) is 12.5. The molecule has 2 aliphatic heterocycles. The summed E-state index contributed by atoms with van der Waals surface area (Å²) in [6, 6.07) is 7.70. The Morgan fingerprint density at radius 3 is 2.54 bits per heavy atom. The summed E-state index contributed by atoms with van der Waals surface area (Å²) in [6.07, 6.45) is 2.42. The van der Waals surface area contributed by atoms with Crippen molar-refractivity contribution < 1.29 is 24.9 Å². The molecule has 2 heterocycles. The Labute approximate surface area is 151 Å². The smallest absolute Gasteiger partial charge is 0.174 e. The lowest BCUT2D eigenvalue weighted by Crippen LogP contribution is -2.28. The van der Waals surface area contributed by atoms with Gasteiger partial charge in [-0.15, -0.1) is 0 Å². The number of carbonyl (C=O) groups excluding carboxylic acids is 1. The standard InChI is InChI=1S/C20H21NO5/c22-12-6-4-11(5-7-12)16-9-15(24)19-17(26-16)10-14(23)18(20(19)25)13-3-1-2-8-21-13/h4-7,10,13,16,21-23,25H,1-3,8-9H2. The van der Waals surface area contributed by atoms with Gasteiger partial charge in [-0.1, -0.05) is 18.6 Å². The number of hydrogen-bond donors (Lipinski definition) is 4. The van der Waals surface area contributed by atoms with Crippen LogP contribution in [-0.2, 0) is 0 Å². The zero-order valence-electron chi connectivity index (χ0n) is 14.2. The number of ketones is 1. The van der Waals surface area contributed by atoms with Crippen molar-refractivity contribution in [2.45, 2.75) is 37.8 Å². The number of phenols is 3. The van der Waals surface area contributed by atoms with Crippen LogP contribution in [0.2, 0.25) is 0 Å². The third kappa shape index (κ3) is 2.86. The minimum absolute atomic E-state index is 0.0696. The third-order valence-corrected chi connectivity index (χ3v) is 5.12. The Morgan fingerprint density at radius 2 is 1.85 bits per heavy atom. The third-order valence-electron chi connectivity index (χ3n) is 5.12. The molecule has 0 saturated carbocycles. The first-order valence-corrected chi connectivity index (χ1v) is 8.85. The van der Waals surface area contributed by atoms with E-state index in [1.165, 1.54) is 18.2 Å². The normalized spacial score (nSPS) is 22.5. The van der Waals surface area contributed by atoms with Crippen LogP contribution in [0.3, 0.4) is 0 Å². The molecule has 0 aromatic heterocycles. The van der Waals surface area contributed by atoms with Gasteiger partial charge in [0.25, 0.3) is 0 Å². The predicted octanol–water partition coefficient (Wildman–Crippen LogP) is 3.32. The summed E-state index contributed by atoms with van der Waals surface area (Å²) in [7, 11) is 0. The highest BCUT2D eigenvalue weighted by Gasteiger charge is 2.34. The van der Waals surface area contributed by atoms with E-state index >= 15 is 0 Å². The van der Waals surface area contributed by atoms with Gasteiger partial charge in [0.2, 0.25) is 0 Å². The second-order valence-corrected chi connectivity index (χ2v) is 6.86. The predicted molar refractivity (Wildman–Crippen MR) is 94.8 cm³/mol. The maximum atomic E-state index is 12.7. The fourth-order valence-corrected chi connectivity index (χ4v) is 3.79. The van der Waals surface area contributed by atoms with Gasteiger partial charge in [0.05, 0.1) is 12.0 Å². The topological polar surface area (TPSA) is 99.0 Å². The van der Waals surface area contributed by atoms with Crippen LogP contribution < -0.4 is 10.1 Å². The van der Waals surface area contributed by atoms with Crippen molar-refractivity contribution in [1.29, 1.82) is 0 Å². The van der Waals surface area contributed by atoms with Gasteiger partial charge >= 0.3 is 0 Å². The van der Waals surface area contributed by atoms with Crippen LogP contribution in [-0.4, -0.2) is 27.6 Å². The first kappa shape index (κ1) is 16.7. The zero-order valence-corrected chi connectivity index (χ0v) is 14.2. The van der Waals surface area contributed by atoms with Gasteiger partial charge in [-0.2, -0.15) is 0 Å². The summed E-state index contributed by atoms with van der Waals surface area (Å²) in [6.45, 7) is 0.813. The summed E-state index contributed by atoms with van der Waals surface area (Å²) >= 11 is 0. The first-order valence-electron chi connectivity index (χ1n) is 8.85. The monoisotopic (exact) mass is 355 g/mol. The molecule has 2 atom stereocenters. The fraction of sp³-hybridized carbons (Fsp3) is 0.350.